The molecule has 1 amide bonds. The zero-order valence-electron chi connectivity index (χ0n) is 16.2. The van der Waals surface area contributed by atoms with Gasteiger partial charge in [0.25, 0.3) is 0 Å². The Labute approximate surface area is 165 Å². The molecule has 0 radical (unpaired) electrons. The summed E-state index contributed by atoms with van der Waals surface area (Å²) in [7, 11) is 3.96. The molecule has 0 aromatic heterocycles. The Balaban J connectivity index is 1.84. The highest BCUT2D eigenvalue weighted by molar-refractivity contribution is 6.03. The number of carboxylic acids is 1. The third-order valence-electron chi connectivity index (χ3n) is 4.84. The van der Waals surface area contributed by atoms with E-state index < -0.39 is 5.97 Å². The van der Waals surface area contributed by atoms with Crippen LogP contribution in [0.5, 0.6) is 0 Å². The van der Waals surface area contributed by atoms with Crippen LogP contribution in [0.15, 0.2) is 59.7 Å². The van der Waals surface area contributed by atoms with Crippen molar-refractivity contribution in [1.29, 1.82) is 0 Å². The van der Waals surface area contributed by atoms with Crippen molar-refractivity contribution in [3.8, 4) is 0 Å². The van der Waals surface area contributed by atoms with Crippen molar-refractivity contribution in [3.63, 3.8) is 0 Å². The molecule has 0 saturated carbocycles. The van der Waals surface area contributed by atoms with Gasteiger partial charge in [-0.15, -0.1) is 0 Å². The summed E-state index contributed by atoms with van der Waals surface area (Å²) in [4.78, 5) is 25.4. The second-order valence-electron chi connectivity index (χ2n) is 7.08. The average molecular weight is 378 g/mol. The van der Waals surface area contributed by atoms with Gasteiger partial charge < -0.3 is 14.8 Å². The number of hydrogen-bond donors (Lipinski definition) is 0. The number of anilines is 1. The Morgan fingerprint density at radius 3 is 2.36 bits per heavy atom. The standard InChI is InChI=1S/C22H25N3O3/c1-24(2)18-13-11-17(12-14-18)20-15-19(16-7-4-3-5-8-16)23-25(20)21(26)9-6-10-22(27)28/h3-5,7-8,11-14,20H,6,9-10,15H2,1-2H3,(H,27,28)/p-1/t20-/m1/s1. The molecule has 1 atom stereocenters. The molecular weight excluding hydrogens is 354 g/mol. The van der Waals surface area contributed by atoms with E-state index in [9.17, 15) is 14.7 Å². The van der Waals surface area contributed by atoms with Crippen LogP contribution in [0.2, 0.25) is 0 Å². The number of carbonyl (C=O) groups is 2. The SMILES string of the molecule is CN(C)c1ccc([C@H]2CC(c3ccccc3)=NN2C(=O)CCCC(=O)[O-])cc1. The van der Waals surface area contributed by atoms with Gasteiger partial charge >= 0.3 is 0 Å². The quantitative estimate of drug-likeness (QED) is 0.741. The minimum absolute atomic E-state index is 0.128. The van der Waals surface area contributed by atoms with Crippen molar-refractivity contribution < 1.29 is 14.7 Å². The molecule has 0 bridgehead atoms. The van der Waals surface area contributed by atoms with Gasteiger partial charge in [-0.1, -0.05) is 42.5 Å². The summed E-state index contributed by atoms with van der Waals surface area (Å²) in [5.74, 6) is -1.31. The van der Waals surface area contributed by atoms with E-state index in [0.717, 1.165) is 22.5 Å². The largest absolute Gasteiger partial charge is 0.550 e. The summed E-state index contributed by atoms with van der Waals surface area (Å²) >= 11 is 0. The van der Waals surface area contributed by atoms with Gasteiger partial charge in [0.2, 0.25) is 5.91 Å². The van der Waals surface area contributed by atoms with E-state index in [1.165, 1.54) is 5.01 Å². The number of rotatable bonds is 7. The number of hydrogen-bond acceptors (Lipinski definition) is 5. The molecule has 0 aliphatic carbocycles. The van der Waals surface area contributed by atoms with E-state index in [0.29, 0.717) is 6.42 Å². The smallest absolute Gasteiger partial charge is 0.243 e. The summed E-state index contributed by atoms with van der Waals surface area (Å²) in [5, 5.41) is 16.8. The second kappa shape index (κ2) is 8.69. The first-order valence-electron chi connectivity index (χ1n) is 9.38. The molecule has 0 spiro atoms. The van der Waals surface area contributed by atoms with Crippen LogP contribution in [0.3, 0.4) is 0 Å². The van der Waals surface area contributed by atoms with Crippen LogP contribution in [-0.4, -0.2) is 36.7 Å². The Hall–Kier alpha value is -3.15. The Bertz CT molecular complexity index is 860. The van der Waals surface area contributed by atoms with Crippen LogP contribution in [0.25, 0.3) is 0 Å². The fourth-order valence-electron chi connectivity index (χ4n) is 3.30. The molecule has 3 rings (SSSR count). The van der Waals surface area contributed by atoms with Gasteiger partial charge in [-0.2, -0.15) is 5.10 Å². The number of benzene rings is 2. The van der Waals surface area contributed by atoms with E-state index in [4.69, 9.17) is 0 Å². The van der Waals surface area contributed by atoms with Crippen molar-refractivity contribution >= 4 is 23.3 Å². The first kappa shape index (κ1) is 19.6. The fraction of sp³-hybridized carbons (Fsp3) is 0.318. The highest BCUT2D eigenvalue weighted by Crippen LogP contribution is 2.34. The molecule has 0 saturated heterocycles. The van der Waals surface area contributed by atoms with E-state index in [2.05, 4.69) is 5.10 Å². The maximum Gasteiger partial charge on any atom is 0.243 e. The van der Waals surface area contributed by atoms with Gasteiger partial charge in [0.05, 0.1) is 11.8 Å². The zero-order chi connectivity index (χ0) is 20.1. The Kier molecular flexibility index (Phi) is 6.09. The first-order valence-corrected chi connectivity index (χ1v) is 9.38. The molecular formula is C22H24N3O3-. The van der Waals surface area contributed by atoms with E-state index >= 15 is 0 Å². The normalized spacial score (nSPS) is 16.0. The van der Waals surface area contributed by atoms with Gasteiger partial charge in [-0.25, -0.2) is 5.01 Å². The highest BCUT2D eigenvalue weighted by atomic mass is 16.4. The number of carbonyl (C=O) groups excluding carboxylic acids is 2. The summed E-state index contributed by atoms with van der Waals surface area (Å²) in [6, 6.07) is 17.7. The van der Waals surface area contributed by atoms with Gasteiger partial charge in [0.1, 0.15) is 0 Å². The molecule has 1 heterocycles. The Morgan fingerprint density at radius 1 is 1.07 bits per heavy atom. The monoisotopic (exact) mass is 378 g/mol. The van der Waals surface area contributed by atoms with Crippen LogP contribution in [0.4, 0.5) is 5.69 Å². The molecule has 1 aliphatic rings. The predicted molar refractivity (Wildman–Crippen MR) is 107 cm³/mol. The lowest BCUT2D eigenvalue weighted by atomic mass is 9.98. The molecule has 6 heteroatoms. The van der Waals surface area contributed by atoms with E-state index in [-0.39, 0.29) is 31.2 Å². The second-order valence-corrected chi connectivity index (χ2v) is 7.08. The minimum atomic E-state index is -1.14. The lowest BCUT2D eigenvalue weighted by Gasteiger charge is -2.23. The lowest BCUT2D eigenvalue weighted by molar-refractivity contribution is -0.305. The number of nitrogens with zero attached hydrogens (tertiary/aromatic N) is 3. The van der Waals surface area contributed by atoms with Crippen LogP contribution >= 0.6 is 0 Å². The number of aliphatic carboxylic acids is 1. The Morgan fingerprint density at radius 2 is 1.75 bits per heavy atom. The topological polar surface area (TPSA) is 76.0 Å². The van der Waals surface area contributed by atoms with Crippen molar-refractivity contribution in [3.05, 3.63) is 65.7 Å². The van der Waals surface area contributed by atoms with Gasteiger partial charge in [0, 0.05) is 38.6 Å². The van der Waals surface area contributed by atoms with Crippen molar-refractivity contribution in [1.82, 2.24) is 5.01 Å². The number of carboxylic acid groups (broad SMARTS) is 1. The molecule has 6 nitrogen and oxygen atoms in total. The number of amides is 1. The first-order chi connectivity index (χ1) is 13.5. The van der Waals surface area contributed by atoms with Gasteiger partial charge in [-0.3, -0.25) is 4.79 Å². The summed E-state index contributed by atoms with van der Waals surface area (Å²) in [6.07, 6.45) is 0.876. The third-order valence-corrected chi connectivity index (χ3v) is 4.84. The van der Waals surface area contributed by atoms with E-state index in [1.807, 2.05) is 73.6 Å². The van der Waals surface area contributed by atoms with Crippen LogP contribution < -0.4 is 10.0 Å². The third kappa shape index (κ3) is 4.57. The van der Waals surface area contributed by atoms with Gasteiger partial charge in [-0.05, 0) is 36.1 Å². The summed E-state index contributed by atoms with van der Waals surface area (Å²) in [5.41, 5.74) is 3.93. The molecule has 28 heavy (non-hydrogen) atoms. The molecule has 0 fully saturated rings. The molecule has 2 aromatic rings. The van der Waals surface area contributed by atoms with Crippen LogP contribution in [0.1, 0.15) is 42.9 Å². The zero-order valence-corrected chi connectivity index (χ0v) is 16.2. The van der Waals surface area contributed by atoms with Crippen molar-refractivity contribution in [2.24, 2.45) is 5.10 Å². The maximum atomic E-state index is 12.8. The minimum Gasteiger partial charge on any atom is -0.550 e. The molecule has 1 aliphatic heterocycles. The highest BCUT2D eigenvalue weighted by Gasteiger charge is 2.32. The maximum absolute atomic E-state index is 12.8. The van der Waals surface area contributed by atoms with Crippen molar-refractivity contribution in [2.45, 2.75) is 31.7 Å². The van der Waals surface area contributed by atoms with Crippen LogP contribution in [0, 0.1) is 0 Å². The molecule has 146 valence electrons. The molecule has 2 aromatic carbocycles. The average Bonchev–Trinajstić information content (AvgIpc) is 3.14. The summed E-state index contributed by atoms with van der Waals surface area (Å²) < 4.78 is 0. The fourth-order valence-corrected chi connectivity index (χ4v) is 3.30. The van der Waals surface area contributed by atoms with Gasteiger partial charge in [0.15, 0.2) is 0 Å². The van der Waals surface area contributed by atoms with Crippen molar-refractivity contribution in [2.75, 3.05) is 19.0 Å². The number of hydrazone groups is 1. The predicted octanol–water partition coefficient (Wildman–Crippen LogP) is 2.35. The summed E-state index contributed by atoms with van der Waals surface area (Å²) in [6.45, 7) is 0. The molecule has 0 N–H and O–H groups in total. The van der Waals surface area contributed by atoms with E-state index in [1.54, 1.807) is 0 Å². The van der Waals surface area contributed by atoms with Crippen LogP contribution in [-0.2, 0) is 9.59 Å². The molecule has 0 unspecified atom stereocenters. The lowest BCUT2D eigenvalue weighted by Crippen LogP contribution is -2.28.